The molecule has 0 bridgehead atoms. The van der Waals surface area contributed by atoms with Gasteiger partial charge in [-0.25, -0.2) is 8.78 Å². The third-order valence-corrected chi connectivity index (χ3v) is 2.85. The maximum atomic E-state index is 13.9. The third kappa shape index (κ3) is 4.76. The molecule has 0 unspecified atom stereocenters. The Morgan fingerprint density at radius 2 is 1.89 bits per heavy atom. The van der Waals surface area contributed by atoms with Gasteiger partial charge in [0.15, 0.2) is 0 Å². The molecular weight excluding hydrogens is 250 g/mol. The number of likely N-dealkylation sites (N-methyl/N-ethyl adjacent to an activating group) is 1. The Hall–Kier alpha value is -1.20. The van der Waals surface area contributed by atoms with Crippen molar-refractivity contribution in [2.45, 2.75) is 19.9 Å². The summed E-state index contributed by atoms with van der Waals surface area (Å²) in [7, 11) is 3.21. The van der Waals surface area contributed by atoms with E-state index >= 15 is 0 Å². The van der Waals surface area contributed by atoms with Crippen molar-refractivity contribution in [1.82, 2.24) is 5.32 Å². The molecule has 5 heteroatoms. The molecule has 1 aromatic rings. The number of benzene rings is 1. The van der Waals surface area contributed by atoms with E-state index in [9.17, 15) is 8.78 Å². The second kappa shape index (κ2) is 8.07. The minimum atomic E-state index is -0.535. The van der Waals surface area contributed by atoms with E-state index in [4.69, 9.17) is 4.74 Å². The molecular formula is C14H22F2N2O. The molecule has 0 saturated heterocycles. The summed E-state index contributed by atoms with van der Waals surface area (Å²) in [5, 5.41) is 3.12. The summed E-state index contributed by atoms with van der Waals surface area (Å²) in [6.45, 7) is 4.22. The lowest BCUT2D eigenvalue weighted by molar-refractivity contribution is 0.206. The van der Waals surface area contributed by atoms with Gasteiger partial charge in [-0.15, -0.1) is 0 Å². The van der Waals surface area contributed by atoms with Gasteiger partial charge in [0.2, 0.25) is 0 Å². The molecule has 108 valence electrons. The van der Waals surface area contributed by atoms with Crippen LogP contribution in [0.5, 0.6) is 0 Å². The summed E-state index contributed by atoms with van der Waals surface area (Å²) in [6, 6.07) is 2.76. The number of nitrogens with zero attached hydrogens (tertiary/aromatic N) is 1. The molecule has 3 nitrogen and oxygen atoms in total. The molecule has 0 fully saturated rings. The maximum Gasteiger partial charge on any atom is 0.149 e. The Labute approximate surface area is 113 Å². The van der Waals surface area contributed by atoms with Gasteiger partial charge in [0.05, 0.1) is 6.61 Å². The lowest BCUT2D eigenvalue weighted by Crippen LogP contribution is -2.24. The van der Waals surface area contributed by atoms with Crippen molar-refractivity contribution in [3.05, 3.63) is 29.3 Å². The van der Waals surface area contributed by atoms with E-state index in [0.717, 1.165) is 13.0 Å². The first-order valence-electron chi connectivity index (χ1n) is 6.48. The summed E-state index contributed by atoms with van der Waals surface area (Å²) in [6.07, 6.45) is 0.989. The molecule has 0 radical (unpaired) electrons. The minimum Gasteiger partial charge on any atom is -0.383 e. The predicted octanol–water partition coefficient (Wildman–Crippen LogP) is 2.55. The molecule has 0 aliphatic carbocycles. The van der Waals surface area contributed by atoms with E-state index in [1.54, 1.807) is 14.2 Å². The lowest BCUT2D eigenvalue weighted by Gasteiger charge is -2.20. The Balaban J connectivity index is 2.78. The summed E-state index contributed by atoms with van der Waals surface area (Å²) in [5.74, 6) is -1.07. The van der Waals surface area contributed by atoms with Crippen LogP contribution in [0.4, 0.5) is 14.5 Å². The van der Waals surface area contributed by atoms with Crippen molar-refractivity contribution < 1.29 is 13.5 Å². The van der Waals surface area contributed by atoms with E-state index in [-0.39, 0.29) is 5.69 Å². The molecule has 0 atom stereocenters. The molecule has 0 amide bonds. The van der Waals surface area contributed by atoms with Crippen LogP contribution in [0.15, 0.2) is 12.1 Å². The topological polar surface area (TPSA) is 24.5 Å². The summed E-state index contributed by atoms with van der Waals surface area (Å²) >= 11 is 0. The van der Waals surface area contributed by atoms with Gasteiger partial charge in [-0.05, 0) is 30.7 Å². The highest BCUT2D eigenvalue weighted by molar-refractivity contribution is 5.50. The number of hydrogen-bond donors (Lipinski definition) is 1. The van der Waals surface area contributed by atoms with Gasteiger partial charge in [-0.1, -0.05) is 6.92 Å². The van der Waals surface area contributed by atoms with Gasteiger partial charge < -0.3 is 15.0 Å². The highest BCUT2D eigenvalue weighted by Gasteiger charge is 2.15. The van der Waals surface area contributed by atoms with Crippen molar-refractivity contribution in [2.24, 2.45) is 0 Å². The van der Waals surface area contributed by atoms with Crippen LogP contribution in [0.2, 0.25) is 0 Å². The van der Waals surface area contributed by atoms with Gasteiger partial charge in [0, 0.05) is 27.2 Å². The standard InChI is InChI=1S/C14H22F2N2O/c1-4-5-17-10-11-8-12(15)14(13(16)9-11)18(2)6-7-19-3/h8-9,17H,4-7,10H2,1-3H3. The van der Waals surface area contributed by atoms with Crippen molar-refractivity contribution >= 4 is 5.69 Å². The van der Waals surface area contributed by atoms with Crippen molar-refractivity contribution in [1.29, 1.82) is 0 Å². The molecule has 19 heavy (non-hydrogen) atoms. The van der Waals surface area contributed by atoms with Gasteiger partial charge in [-0.2, -0.15) is 0 Å². The van der Waals surface area contributed by atoms with E-state index in [2.05, 4.69) is 5.32 Å². The van der Waals surface area contributed by atoms with Crippen LogP contribution >= 0.6 is 0 Å². The van der Waals surface area contributed by atoms with Crippen LogP contribution < -0.4 is 10.2 Å². The fraction of sp³-hybridized carbons (Fsp3) is 0.571. The van der Waals surface area contributed by atoms with Gasteiger partial charge in [0.25, 0.3) is 0 Å². The second-order valence-corrected chi connectivity index (χ2v) is 4.50. The maximum absolute atomic E-state index is 13.9. The molecule has 1 N–H and O–H groups in total. The average Bonchev–Trinajstić information content (AvgIpc) is 2.36. The number of ether oxygens (including phenoxy) is 1. The van der Waals surface area contributed by atoms with Gasteiger partial charge in [0.1, 0.15) is 17.3 Å². The lowest BCUT2D eigenvalue weighted by atomic mass is 10.1. The molecule has 1 aromatic carbocycles. The fourth-order valence-corrected chi connectivity index (χ4v) is 1.83. The van der Waals surface area contributed by atoms with E-state index in [1.807, 2.05) is 6.92 Å². The van der Waals surface area contributed by atoms with E-state index in [1.165, 1.54) is 17.0 Å². The quantitative estimate of drug-likeness (QED) is 0.736. The summed E-state index contributed by atoms with van der Waals surface area (Å²) < 4.78 is 32.8. The minimum absolute atomic E-state index is 0.00343. The van der Waals surface area contributed by atoms with Crippen LogP contribution in [0.25, 0.3) is 0 Å². The van der Waals surface area contributed by atoms with Crippen LogP contribution in [0, 0.1) is 11.6 Å². The monoisotopic (exact) mass is 272 g/mol. The second-order valence-electron chi connectivity index (χ2n) is 4.50. The first-order chi connectivity index (χ1) is 9.10. The van der Waals surface area contributed by atoms with Crippen molar-refractivity contribution in [3.63, 3.8) is 0 Å². The van der Waals surface area contributed by atoms with Gasteiger partial charge in [-0.3, -0.25) is 0 Å². The summed E-state index contributed by atoms with van der Waals surface area (Å²) in [5.41, 5.74) is 0.614. The number of hydrogen-bond acceptors (Lipinski definition) is 3. The van der Waals surface area contributed by atoms with Gasteiger partial charge >= 0.3 is 0 Å². The highest BCUT2D eigenvalue weighted by Crippen LogP contribution is 2.24. The van der Waals surface area contributed by atoms with E-state index < -0.39 is 11.6 Å². The molecule has 0 heterocycles. The normalized spacial score (nSPS) is 10.8. The van der Waals surface area contributed by atoms with Crippen molar-refractivity contribution in [2.75, 3.05) is 38.8 Å². The number of rotatable bonds is 8. The fourth-order valence-electron chi connectivity index (χ4n) is 1.83. The first kappa shape index (κ1) is 15.9. The Kier molecular flexibility index (Phi) is 6.73. The van der Waals surface area contributed by atoms with Crippen molar-refractivity contribution in [3.8, 4) is 0 Å². The molecule has 0 aromatic heterocycles. The van der Waals surface area contributed by atoms with Crippen LogP contribution in [-0.2, 0) is 11.3 Å². The first-order valence-corrected chi connectivity index (χ1v) is 6.48. The molecule has 0 saturated carbocycles. The molecule has 0 aliphatic heterocycles. The molecule has 0 spiro atoms. The number of nitrogens with one attached hydrogen (secondary N) is 1. The number of halogens is 2. The summed E-state index contributed by atoms with van der Waals surface area (Å²) in [4.78, 5) is 1.53. The predicted molar refractivity (Wildman–Crippen MR) is 73.5 cm³/mol. The van der Waals surface area contributed by atoms with E-state index in [0.29, 0.717) is 25.3 Å². The van der Waals surface area contributed by atoms with Crippen LogP contribution in [-0.4, -0.2) is 33.9 Å². The zero-order valence-electron chi connectivity index (χ0n) is 11.8. The molecule has 0 aliphatic rings. The Morgan fingerprint density at radius 3 is 2.42 bits per heavy atom. The number of anilines is 1. The highest BCUT2D eigenvalue weighted by atomic mass is 19.1. The smallest absolute Gasteiger partial charge is 0.149 e. The third-order valence-electron chi connectivity index (χ3n) is 2.85. The van der Waals surface area contributed by atoms with Crippen LogP contribution in [0.1, 0.15) is 18.9 Å². The SMILES string of the molecule is CCCNCc1cc(F)c(N(C)CCOC)c(F)c1. The number of methoxy groups -OCH3 is 1. The Morgan fingerprint density at radius 1 is 1.26 bits per heavy atom. The molecule has 1 rings (SSSR count). The largest absolute Gasteiger partial charge is 0.383 e. The average molecular weight is 272 g/mol. The Bertz CT molecular complexity index is 376. The van der Waals surface area contributed by atoms with Crippen LogP contribution in [0.3, 0.4) is 0 Å². The zero-order valence-corrected chi connectivity index (χ0v) is 11.8. The zero-order chi connectivity index (χ0) is 14.3.